The lowest BCUT2D eigenvalue weighted by Gasteiger charge is -1.94. The van der Waals surface area contributed by atoms with Crippen molar-refractivity contribution in [2.75, 3.05) is 12.8 Å². The molecule has 0 amide bonds. The zero-order valence-electron chi connectivity index (χ0n) is 7.54. The second kappa shape index (κ2) is 3.62. The van der Waals surface area contributed by atoms with E-state index in [9.17, 15) is 0 Å². The van der Waals surface area contributed by atoms with Gasteiger partial charge in [-0.05, 0) is 0 Å². The van der Waals surface area contributed by atoms with Crippen molar-refractivity contribution in [2.24, 2.45) is 0 Å². The Kier molecular flexibility index (Phi) is 2.32. The molecule has 0 radical (unpaired) electrons. The fourth-order valence-electron chi connectivity index (χ4n) is 1.01. The molecule has 7 heteroatoms. The Morgan fingerprint density at radius 2 is 2.43 bits per heavy atom. The highest BCUT2D eigenvalue weighted by Gasteiger charge is 2.03. The first-order valence-corrected chi connectivity index (χ1v) is 4.74. The molecule has 0 atom stereocenters. The van der Waals surface area contributed by atoms with Crippen LogP contribution in [0.1, 0.15) is 5.01 Å². The highest BCUT2D eigenvalue weighted by molar-refractivity contribution is 7.15. The molecule has 0 aliphatic heterocycles. The Labute approximate surface area is 84.3 Å². The van der Waals surface area contributed by atoms with Crippen LogP contribution in [0.4, 0.5) is 5.13 Å². The number of rotatable bonds is 3. The minimum atomic E-state index is 0.471. The predicted molar refractivity (Wildman–Crippen MR) is 52.2 cm³/mol. The second-order valence-electron chi connectivity index (χ2n) is 2.61. The number of ether oxygens (including phenoxy) is 1. The lowest BCUT2D eigenvalue weighted by Crippen LogP contribution is -1.99. The summed E-state index contributed by atoms with van der Waals surface area (Å²) in [5.74, 6) is 0.725. The molecular formula is C7H9N5OS. The fraction of sp³-hybridized carbons (Fsp3) is 0.286. The largest absolute Gasteiger partial charge is 0.493 e. The number of anilines is 1. The zero-order valence-corrected chi connectivity index (χ0v) is 8.36. The van der Waals surface area contributed by atoms with Crippen molar-refractivity contribution in [1.82, 2.24) is 20.0 Å². The molecule has 2 aromatic rings. The fourth-order valence-corrected chi connectivity index (χ4v) is 1.61. The summed E-state index contributed by atoms with van der Waals surface area (Å²) in [7, 11) is 1.60. The SMILES string of the molecule is COc1cnn(Cc2nnc(N)s2)c1. The average molecular weight is 211 g/mol. The number of hydrogen-bond donors (Lipinski definition) is 1. The molecule has 0 bridgehead atoms. The van der Waals surface area contributed by atoms with Crippen molar-refractivity contribution >= 4 is 16.5 Å². The van der Waals surface area contributed by atoms with Crippen LogP contribution >= 0.6 is 11.3 Å². The third-order valence-electron chi connectivity index (χ3n) is 1.62. The molecule has 2 rings (SSSR count). The van der Waals surface area contributed by atoms with E-state index in [0.29, 0.717) is 11.7 Å². The number of methoxy groups -OCH3 is 1. The highest BCUT2D eigenvalue weighted by atomic mass is 32.1. The maximum atomic E-state index is 5.45. The third kappa shape index (κ3) is 1.82. The summed E-state index contributed by atoms with van der Waals surface area (Å²) < 4.78 is 6.72. The first-order chi connectivity index (χ1) is 6.78. The van der Waals surface area contributed by atoms with Crippen molar-refractivity contribution < 1.29 is 4.74 Å². The van der Waals surface area contributed by atoms with E-state index in [0.717, 1.165) is 10.8 Å². The van der Waals surface area contributed by atoms with Crippen LogP contribution in [0.2, 0.25) is 0 Å². The summed E-state index contributed by atoms with van der Waals surface area (Å²) >= 11 is 1.35. The lowest BCUT2D eigenvalue weighted by atomic mass is 10.6. The molecule has 2 heterocycles. The van der Waals surface area contributed by atoms with E-state index in [2.05, 4.69) is 15.3 Å². The van der Waals surface area contributed by atoms with E-state index in [1.165, 1.54) is 11.3 Å². The minimum absolute atomic E-state index is 0.471. The molecule has 0 unspecified atom stereocenters. The molecule has 0 fully saturated rings. The smallest absolute Gasteiger partial charge is 0.203 e. The van der Waals surface area contributed by atoms with Crippen molar-refractivity contribution in [3.8, 4) is 5.75 Å². The van der Waals surface area contributed by atoms with Gasteiger partial charge in [-0.15, -0.1) is 10.2 Å². The van der Waals surface area contributed by atoms with Crippen LogP contribution in [0, 0.1) is 0 Å². The molecule has 0 spiro atoms. The monoisotopic (exact) mass is 211 g/mol. The Hall–Kier alpha value is -1.63. The third-order valence-corrected chi connectivity index (χ3v) is 2.36. The number of nitrogens with zero attached hydrogens (tertiary/aromatic N) is 4. The minimum Gasteiger partial charge on any atom is -0.493 e. The Bertz CT molecular complexity index is 423. The zero-order chi connectivity index (χ0) is 9.97. The van der Waals surface area contributed by atoms with Gasteiger partial charge in [-0.25, -0.2) is 0 Å². The van der Waals surface area contributed by atoms with Crippen LogP contribution in [0.25, 0.3) is 0 Å². The summed E-state index contributed by atoms with van der Waals surface area (Å²) in [5.41, 5.74) is 5.45. The summed E-state index contributed by atoms with van der Waals surface area (Å²) in [6, 6.07) is 0. The second-order valence-corrected chi connectivity index (χ2v) is 3.71. The van der Waals surface area contributed by atoms with Gasteiger partial charge in [-0.3, -0.25) is 4.68 Å². The van der Waals surface area contributed by atoms with Gasteiger partial charge in [0.25, 0.3) is 0 Å². The van der Waals surface area contributed by atoms with Crippen LogP contribution in [0.5, 0.6) is 5.75 Å². The molecule has 2 N–H and O–H groups in total. The molecule has 0 aliphatic carbocycles. The Morgan fingerprint density at radius 3 is 3.00 bits per heavy atom. The number of nitrogens with two attached hydrogens (primary N) is 1. The van der Waals surface area contributed by atoms with E-state index in [1.807, 2.05) is 0 Å². The predicted octanol–water partition coefficient (Wildman–Crippen LogP) is 0.374. The molecule has 0 aliphatic rings. The van der Waals surface area contributed by atoms with Gasteiger partial charge in [0.1, 0.15) is 5.01 Å². The number of aromatic nitrogens is 4. The first-order valence-electron chi connectivity index (χ1n) is 3.92. The van der Waals surface area contributed by atoms with E-state index in [-0.39, 0.29) is 0 Å². The lowest BCUT2D eigenvalue weighted by molar-refractivity contribution is 0.414. The highest BCUT2D eigenvalue weighted by Crippen LogP contribution is 2.13. The molecule has 6 nitrogen and oxygen atoms in total. The summed E-state index contributed by atoms with van der Waals surface area (Å²) in [5, 5.41) is 13.0. The van der Waals surface area contributed by atoms with Crippen LogP contribution < -0.4 is 10.5 Å². The van der Waals surface area contributed by atoms with Gasteiger partial charge < -0.3 is 10.5 Å². The van der Waals surface area contributed by atoms with Gasteiger partial charge in [-0.1, -0.05) is 11.3 Å². The van der Waals surface area contributed by atoms with Crippen molar-refractivity contribution in [1.29, 1.82) is 0 Å². The van der Waals surface area contributed by atoms with E-state index >= 15 is 0 Å². The Morgan fingerprint density at radius 1 is 1.57 bits per heavy atom. The summed E-state index contributed by atoms with van der Waals surface area (Å²) in [6.45, 7) is 0.568. The normalized spacial score (nSPS) is 10.4. The van der Waals surface area contributed by atoms with Gasteiger partial charge in [0.2, 0.25) is 5.13 Å². The van der Waals surface area contributed by atoms with E-state index in [4.69, 9.17) is 10.5 Å². The molecule has 74 valence electrons. The maximum Gasteiger partial charge on any atom is 0.203 e. The van der Waals surface area contributed by atoms with Crippen LogP contribution in [-0.4, -0.2) is 27.1 Å². The van der Waals surface area contributed by atoms with E-state index in [1.54, 1.807) is 24.2 Å². The number of nitrogen functional groups attached to an aromatic ring is 1. The van der Waals surface area contributed by atoms with Gasteiger partial charge in [0.15, 0.2) is 5.75 Å². The van der Waals surface area contributed by atoms with Gasteiger partial charge in [-0.2, -0.15) is 5.10 Å². The average Bonchev–Trinajstić information content (AvgIpc) is 2.76. The standard InChI is InChI=1S/C7H9N5OS/c1-13-5-2-9-12(3-5)4-6-10-11-7(8)14-6/h2-3H,4H2,1H3,(H2,8,11). The maximum absolute atomic E-state index is 5.45. The van der Waals surface area contributed by atoms with Crippen molar-refractivity contribution in [3.05, 3.63) is 17.4 Å². The molecular weight excluding hydrogens is 202 g/mol. The van der Waals surface area contributed by atoms with Crippen LogP contribution in [0.3, 0.4) is 0 Å². The Balaban J connectivity index is 2.10. The van der Waals surface area contributed by atoms with Crippen LogP contribution in [0.15, 0.2) is 12.4 Å². The first kappa shape index (κ1) is 8.95. The van der Waals surface area contributed by atoms with Gasteiger partial charge >= 0.3 is 0 Å². The molecule has 2 aromatic heterocycles. The molecule has 0 saturated carbocycles. The van der Waals surface area contributed by atoms with Crippen LogP contribution in [-0.2, 0) is 6.54 Å². The molecule has 0 saturated heterocycles. The van der Waals surface area contributed by atoms with Crippen molar-refractivity contribution in [2.45, 2.75) is 6.54 Å². The summed E-state index contributed by atoms with van der Waals surface area (Å²) in [6.07, 6.45) is 3.43. The topological polar surface area (TPSA) is 78.8 Å². The number of hydrogen-bond acceptors (Lipinski definition) is 6. The molecule has 14 heavy (non-hydrogen) atoms. The van der Waals surface area contributed by atoms with Crippen molar-refractivity contribution in [3.63, 3.8) is 0 Å². The van der Waals surface area contributed by atoms with Gasteiger partial charge in [0.05, 0.1) is 26.0 Å². The van der Waals surface area contributed by atoms with Gasteiger partial charge in [0, 0.05) is 0 Å². The van der Waals surface area contributed by atoms with E-state index < -0.39 is 0 Å². The summed E-state index contributed by atoms with van der Waals surface area (Å²) in [4.78, 5) is 0. The molecule has 0 aromatic carbocycles. The quantitative estimate of drug-likeness (QED) is 0.793.